The number of phenolic OH excluding ortho intramolecular Hbond substituents is 1. The van der Waals surface area contributed by atoms with E-state index in [2.05, 4.69) is 10.6 Å². The van der Waals surface area contributed by atoms with Gasteiger partial charge in [0.2, 0.25) is 11.8 Å². The highest BCUT2D eigenvalue weighted by molar-refractivity contribution is 5.91. The number of phenols is 1. The second kappa shape index (κ2) is 9.63. The van der Waals surface area contributed by atoms with E-state index in [9.17, 15) is 24.6 Å². The fourth-order valence-corrected chi connectivity index (χ4v) is 2.27. The van der Waals surface area contributed by atoms with Crippen LogP contribution in [0.4, 0.5) is 0 Å². The van der Waals surface area contributed by atoms with E-state index in [1.165, 1.54) is 12.1 Å². The Bertz CT molecular complexity index is 603. The summed E-state index contributed by atoms with van der Waals surface area (Å²) in [5.41, 5.74) is 5.98. The van der Waals surface area contributed by atoms with Crippen molar-refractivity contribution in [2.75, 3.05) is 6.54 Å². The number of hydrogen-bond acceptors (Lipinski definition) is 5. The molecule has 1 aromatic rings. The molecule has 0 fully saturated rings. The summed E-state index contributed by atoms with van der Waals surface area (Å²) in [7, 11) is 0. The summed E-state index contributed by atoms with van der Waals surface area (Å²) >= 11 is 0. The molecule has 3 atom stereocenters. The molecule has 1 rings (SSSR count). The Kier molecular flexibility index (Phi) is 7.87. The summed E-state index contributed by atoms with van der Waals surface area (Å²) in [6, 6.07) is 4.16. The van der Waals surface area contributed by atoms with E-state index in [-0.39, 0.29) is 24.6 Å². The number of amides is 2. The third kappa shape index (κ3) is 6.42. The van der Waals surface area contributed by atoms with Crippen molar-refractivity contribution in [3.63, 3.8) is 0 Å². The van der Waals surface area contributed by atoms with Crippen LogP contribution in [0.5, 0.6) is 5.75 Å². The number of benzene rings is 1. The molecule has 0 spiro atoms. The lowest BCUT2D eigenvalue weighted by atomic mass is 9.98. The van der Waals surface area contributed by atoms with Gasteiger partial charge in [-0.15, -0.1) is 0 Å². The summed E-state index contributed by atoms with van der Waals surface area (Å²) in [5, 5.41) is 23.6. The molecule has 0 saturated carbocycles. The van der Waals surface area contributed by atoms with Gasteiger partial charge in [-0.1, -0.05) is 32.4 Å². The molecule has 8 heteroatoms. The van der Waals surface area contributed by atoms with Gasteiger partial charge in [0.15, 0.2) is 0 Å². The molecule has 0 aliphatic carbocycles. The molecule has 6 N–H and O–H groups in total. The third-order valence-electron chi connectivity index (χ3n) is 3.99. The van der Waals surface area contributed by atoms with Crippen LogP contribution in [0.1, 0.15) is 25.8 Å². The zero-order chi connectivity index (χ0) is 19.0. The van der Waals surface area contributed by atoms with Crippen molar-refractivity contribution in [3.8, 4) is 5.75 Å². The number of carboxylic acids is 1. The van der Waals surface area contributed by atoms with Gasteiger partial charge in [-0.2, -0.15) is 0 Å². The van der Waals surface area contributed by atoms with E-state index in [0.29, 0.717) is 12.0 Å². The smallest absolute Gasteiger partial charge is 0.326 e. The Morgan fingerprint density at radius 1 is 1.16 bits per heavy atom. The van der Waals surface area contributed by atoms with Crippen molar-refractivity contribution < 1.29 is 24.6 Å². The first-order valence-electron chi connectivity index (χ1n) is 8.09. The molecular weight excluding hydrogens is 326 g/mol. The third-order valence-corrected chi connectivity index (χ3v) is 3.99. The maximum absolute atomic E-state index is 12.5. The van der Waals surface area contributed by atoms with Crippen LogP contribution in [0.25, 0.3) is 0 Å². The predicted molar refractivity (Wildman–Crippen MR) is 91.8 cm³/mol. The first kappa shape index (κ1) is 20.4. The fourth-order valence-electron chi connectivity index (χ4n) is 2.27. The van der Waals surface area contributed by atoms with Crippen molar-refractivity contribution in [2.24, 2.45) is 11.7 Å². The largest absolute Gasteiger partial charge is 0.508 e. The van der Waals surface area contributed by atoms with Crippen LogP contribution >= 0.6 is 0 Å². The molecule has 2 amide bonds. The second-order valence-corrected chi connectivity index (χ2v) is 5.90. The van der Waals surface area contributed by atoms with E-state index < -0.39 is 29.9 Å². The minimum Gasteiger partial charge on any atom is -0.508 e. The van der Waals surface area contributed by atoms with Gasteiger partial charge in [0.1, 0.15) is 17.8 Å². The quantitative estimate of drug-likeness (QED) is 0.424. The summed E-state index contributed by atoms with van der Waals surface area (Å²) in [6.07, 6.45) is 0.722. The van der Waals surface area contributed by atoms with Gasteiger partial charge in [-0.25, -0.2) is 4.79 Å². The summed E-state index contributed by atoms with van der Waals surface area (Å²) in [6.45, 7) is 3.27. The lowest BCUT2D eigenvalue weighted by molar-refractivity contribution is -0.143. The normalized spacial score (nSPS) is 14.2. The van der Waals surface area contributed by atoms with Crippen LogP contribution in [0, 0.1) is 5.92 Å². The Hall–Kier alpha value is -2.61. The molecule has 25 heavy (non-hydrogen) atoms. The van der Waals surface area contributed by atoms with Gasteiger partial charge in [-0.05, 0) is 23.6 Å². The number of aromatic hydroxyl groups is 1. The molecular formula is C17H25N3O5. The average Bonchev–Trinajstić information content (AvgIpc) is 2.59. The molecule has 0 aliphatic rings. The van der Waals surface area contributed by atoms with Crippen LogP contribution in [0.3, 0.4) is 0 Å². The van der Waals surface area contributed by atoms with Crippen LogP contribution in [-0.2, 0) is 20.8 Å². The van der Waals surface area contributed by atoms with Crippen LogP contribution in [0.15, 0.2) is 24.3 Å². The summed E-state index contributed by atoms with van der Waals surface area (Å²) < 4.78 is 0. The number of carbonyl (C=O) groups excluding carboxylic acids is 2. The lowest BCUT2D eigenvalue weighted by Crippen LogP contribution is -2.54. The van der Waals surface area contributed by atoms with E-state index in [4.69, 9.17) is 5.73 Å². The van der Waals surface area contributed by atoms with Gasteiger partial charge in [0.25, 0.3) is 0 Å². The fraction of sp³-hybridized carbons (Fsp3) is 0.471. The maximum atomic E-state index is 12.5. The molecule has 138 valence electrons. The molecule has 0 saturated heterocycles. The number of hydrogen-bond donors (Lipinski definition) is 5. The van der Waals surface area contributed by atoms with Crippen molar-refractivity contribution in [3.05, 3.63) is 29.8 Å². The zero-order valence-corrected chi connectivity index (χ0v) is 14.4. The van der Waals surface area contributed by atoms with Crippen molar-refractivity contribution >= 4 is 17.8 Å². The van der Waals surface area contributed by atoms with Crippen LogP contribution < -0.4 is 16.4 Å². The van der Waals surface area contributed by atoms with Gasteiger partial charge in [0.05, 0.1) is 6.54 Å². The number of carbonyl (C=O) groups is 3. The van der Waals surface area contributed by atoms with Crippen LogP contribution in [-0.4, -0.2) is 46.6 Å². The molecule has 8 nitrogen and oxygen atoms in total. The number of carboxylic acid groups (broad SMARTS) is 1. The zero-order valence-electron chi connectivity index (χ0n) is 14.4. The predicted octanol–water partition coefficient (Wildman–Crippen LogP) is -0.00630. The second-order valence-electron chi connectivity index (χ2n) is 5.90. The standard InChI is InChI=1S/C17H25N3O5/c1-3-10(2)15(17(24)25)20-16(23)13(19-14(22)9-18)8-11-4-6-12(21)7-5-11/h4-7,10,13,15,21H,3,8-9,18H2,1-2H3,(H,19,22)(H,20,23)(H,24,25). The number of nitrogens with two attached hydrogens (primary N) is 1. The van der Waals surface area contributed by atoms with Crippen molar-refractivity contribution in [2.45, 2.75) is 38.8 Å². The van der Waals surface area contributed by atoms with Crippen molar-refractivity contribution in [1.29, 1.82) is 0 Å². The molecule has 0 heterocycles. The van der Waals surface area contributed by atoms with Crippen LogP contribution in [0.2, 0.25) is 0 Å². The molecule has 0 bridgehead atoms. The molecule has 0 aliphatic heterocycles. The highest BCUT2D eigenvalue weighted by Crippen LogP contribution is 2.13. The Labute approximate surface area is 146 Å². The number of aliphatic carboxylic acids is 1. The first-order chi connectivity index (χ1) is 11.8. The topological polar surface area (TPSA) is 142 Å². The van der Waals surface area contributed by atoms with Gasteiger partial charge in [0, 0.05) is 6.42 Å². The number of nitrogens with one attached hydrogen (secondary N) is 2. The molecule has 0 aromatic heterocycles. The minimum atomic E-state index is -1.13. The minimum absolute atomic E-state index is 0.0819. The van der Waals surface area contributed by atoms with E-state index in [1.54, 1.807) is 19.1 Å². The average molecular weight is 351 g/mol. The molecule has 0 radical (unpaired) electrons. The van der Waals surface area contributed by atoms with Gasteiger partial charge < -0.3 is 26.6 Å². The van der Waals surface area contributed by atoms with E-state index in [1.807, 2.05) is 6.92 Å². The van der Waals surface area contributed by atoms with Gasteiger partial charge >= 0.3 is 5.97 Å². The summed E-state index contributed by atoms with van der Waals surface area (Å²) in [4.78, 5) is 35.5. The summed E-state index contributed by atoms with van der Waals surface area (Å²) in [5.74, 6) is -2.42. The Balaban J connectivity index is 2.93. The molecule has 3 unspecified atom stereocenters. The number of rotatable bonds is 9. The first-order valence-corrected chi connectivity index (χ1v) is 8.09. The van der Waals surface area contributed by atoms with Gasteiger partial charge in [-0.3, -0.25) is 9.59 Å². The van der Waals surface area contributed by atoms with Crippen molar-refractivity contribution in [1.82, 2.24) is 10.6 Å². The molecule has 1 aromatic carbocycles. The SMILES string of the molecule is CCC(C)C(NC(=O)C(Cc1ccc(O)cc1)NC(=O)CN)C(=O)O. The van der Waals surface area contributed by atoms with E-state index in [0.717, 1.165) is 0 Å². The highest BCUT2D eigenvalue weighted by Gasteiger charge is 2.29. The highest BCUT2D eigenvalue weighted by atomic mass is 16.4. The Morgan fingerprint density at radius 3 is 2.24 bits per heavy atom. The monoisotopic (exact) mass is 351 g/mol. The Morgan fingerprint density at radius 2 is 1.76 bits per heavy atom. The van der Waals surface area contributed by atoms with E-state index >= 15 is 0 Å². The maximum Gasteiger partial charge on any atom is 0.326 e. The lowest BCUT2D eigenvalue weighted by Gasteiger charge is -2.24.